The van der Waals surface area contributed by atoms with Gasteiger partial charge in [-0.3, -0.25) is 4.79 Å². The minimum absolute atomic E-state index is 0. The summed E-state index contributed by atoms with van der Waals surface area (Å²) in [6.45, 7) is 0. The number of carboxylic acid groups (broad SMARTS) is 1. The molecule has 0 heterocycles. The Labute approximate surface area is 95.0 Å². The molecule has 0 amide bonds. The van der Waals surface area contributed by atoms with Crippen molar-refractivity contribution in [2.75, 3.05) is 0 Å². The van der Waals surface area contributed by atoms with Crippen LogP contribution in [0.2, 0.25) is 0 Å². The fourth-order valence-electron chi connectivity index (χ4n) is 1.35. The number of hydrogen-bond donors (Lipinski definition) is 1. The van der Waals surface area contributed by atoms with Crippen LogP contribution in [-0.4, -0.2) is 43.2 Å². The van der Waals surface area contributed by atoms with Gasteiger partial charge in [-0.15, -0.1) is 0 Å². The van der Waals surface area contributed by atoms with Crippen molar-refractivity contribution >= 4 is 49.2 Å². The van der Waals surface area contributed by atoms with E-state index in [0.29, 0.717) is 4.83 Å². The van der Waals surface area contributed by atoms with Crippen LogP contribution >= 0.6 is 15.9 Å². The number of carbonyl (C=O) groups is 1. The maximum Gasteiger partial charge on any atom is 0.306 e. The van der Waals surface area contributed by atoms with Crippen molar-refractivity contribution < 1.29 is 9.90 Å². The quantitative estimate of drug-likeness (QED) is 0.526. The molecular formula is C7H11BrO2Tl. The van der Waals surface area contributed by atoms with Gasteiger partial charge in [-0.2, -0.15) is 0 Å². The number of alkyl halides is 1. The minimum atomic E-state index is -0.635. The molecule has 1 aliphatic rings. The molecule has 1 radical (unpaired) electrons. The van der Waals surface area contributed by atoms with Crippen LogP contribution in [0.3, 0.4) is 0 Å². The SMILES string of the molecule is O=C(O)C1CCCC(Br)C1.[Tl]. The molecule has 0 aliphatic heterocycles. The third kappa shape index (κ3) is 3.87. The monoisotopic (exact) mass is 411 g/mol. The molecule has 1 N–H and O–H groups in total. The molecule has 2 unspecified atom stereocenters. The summed E-state index contributed by atoms with van der Waals surface area (Å²) < 4.78 is 0. The number of aliphatic carboxylic acids is 1. The summed E-state index contributed by atoms with van der Waals surface area (Å²) in [6.07, 6.45) is 3.84. The van der Waals surface area contributed by atoms with E-state index in [-0.39, 0.29) is 33.2 Å². The van der Waals surface area contributed by atoms with Crippen LogP contribution in [0.15, 0.2) is 0 Å². The van der Waals surface area contributed by atoms with E-state index in [9.17, 15) is 4.79 Å². The summed E-state index contributed by atoms with van der Waals surface area (Å²) in [5, 5.41) is 8.64. The maximum atomic E-state index is 10.5. The largest absolute Gasteiger partial charge is 0.481 e. The van der Waals surface area contributed by atoms with E-state index in [1.807, 2.05) is 0 Å². The van der Waals surface area contributed by atoms with Gasteiger partial charge in [0.25, 0.3) is 0 Å². The topological polar surface area (TPSA) is 37.3 Å². The second-order valence-electron chi connectivity index (χ2n) is 2.80. The molecule has 1 aliphatic carbocycles. The summed E-state index contributed by atoms with van der Waals surface area (Å²) in [5.74, 6) is -0.734. The third-order valence-corrected chi connectivity index (χ3v) is 2.79. The summed E-state index contributed by atoms with van der Waals surface area (Å²) in [7, 11) is 0. The Morgan fingerprint density at radius 3 is 2.45 bits per heavy atom. The van der Waals surface area contributed by atoms with Crippen molar-refractivity contribution in [3.63, 3.8) is 0 Å². The van der Waals surface area contributed by atoms with Crippen LogP contribution in [0.5, 0.6) is 0 Å². The van der Waals surface area contributed by atoms with Gasteiger partial charge >= 0.3 is 5.97 Å². The van der Waals surface area contributed by atoms with Gasteiger partial charge < -0.3 is 5.11 Å². The van der Waals surface area contributed by atoms with Crippen LogP contribution < -0.4 is 0 Å². The number of halogens is 1. The van der Waals surface area contributed by atoms with Crippen LogP contribution in [0.1, 0.15) is 25.7 Å². The van der Waals surface area contributed by atoms with Crippen molar-refractivity contribution in [3.8, 4) is 0 Å². The van der Waals surface area contributed by atoms with Crippen LogP contribution in [0.25, 0.3) is 0 Å². The van der Waals surface area contributed by atoms with Gasteiger partial charge in [-0.25, -0.2) is 0 Å². The van der Waals surface area contributed by atoms with Crippen molar-refractivity contribution in [1.29, 1.82) is 0 Å². The average molecular weight is 411 g/mol. The zero-order valence-corrected chi connectivity index (χ0v) is 12.4. The fraction of sp³-hybridized carbons (Fsp3) is 0.857. The van der Waals surface area contributed by atoms with E-state index < -0.39 is 5.97 Å². The molecule has 1 rings (SSSR count). The molecule has 0 aromatic heterocycles. The average Bonchev–Trinajstić information content (AvgIpc) is 1.88. The molecule has 0 aromatic carbocycles. The first-order valence-corrected chi connectivity index (χ1v) is 4.48. The second kappa shape index (κ2) is 5.51. The van der Waals surface area contributed by atoms with Crippen molar-refractivity contribution in [2.45, 2.75) is 30.5 Å². The summed E-state index contributed by atoms with van der Waals surface area (Å²) in [5.41, 5.74) is 0. The van der Waals surface area contributed by atoms with Crippen LogP contribution in [-0.2, 0) is 4.79 Å². The molecule has 61 valence electrons. The van der Waals surface area contributed by atoms with E-state index in [1.54, 1.807) is 0 Å². The molecule has 0 saturated heterocycles. The first-order chi connectivity index (χ1) is 4.70. The first kappa shape index (κ1) is 11.9. The van der Waals surface area contributed by atoms with Crippen molar-refractivity contribution in [2.24, 2.45) is 5.92 Å². The van der Waals surface area contributed by atoms with Crippen molar-refractivity contribution in [1.82, 2.24) is 0 Å². The molecule has 0 bridgehead atoms. The molecule has 11 heavy (non-hydrogen) atoms. The van der Waals surface area contributed by atoms with Gasteiger partial charge in [0, 0.05) is 32.1 Å². The predicted molar refractivity (Wildman–Crippen MR) is 48.1 cm³/mol. The van der Waals surface area contributed by atoms with Gasteiger partial charge in [-0.1, -0.05) is 22.4 Å². The summed E-state index contributed by atoms with van der Waals surface area (Å²) in [4.78, 5) is 10.9. The Morgan fingerprint density at radius 1 is 1.45 bits per heavy atom. The smallest absolute Gasteiger partial charge is 0.306 e. The number of rotatable bonds is 1. The normalized spacial score (nSPS) is 30.6. The first-order valence-electron chi connectivity index (χ1n) is 3.57. The van der Waals surface area contributed by atoms with Gasteiger partial charge in [0.1, 0.15) is 0 Å². The van der Waals surface area contributed by atoms with Crippen LogP contribution in [0, 0.1) is 5.92 Å². The molecule has 0 spiro atoms. The van der Waals surface area contributed by atoms with E-state index in [0.717, 1.165) is 25.7 Å². The van der Waals surface area contributed by atoms with Gasteiger partial charge in [-0.05, 0) is 19.3 Å². The number of carboxylic acids is 1. The Morgan fingerprint density at radius 2 is 2.09 bits per heavy atom. The summed E-state index contributed by atoms with van der Waals surface area (Å²) in [6, 6.07) is 0. The molecule has 4 heteroatoms. The second-order valence-corrected chi connectivity index (χ2v) is 4.09. The molecule has 1 fully saturated rings. The molecule has 2 nitrogen and oxygen atoms in total. The van der Waals surface area contributed by atoms with E-state index in [1.165, 1.54) is 0 Å². The summed E-state index contributed by atoms with van der Waals surface area (Å²) >= 11 is 3.43. The standard InChI is InChI=1S/C7H11BrO2.Tl/c8-6-3-1-2-5(4-6)7(9)10;/h5-6H,1-4H2,(H,9,10);. The Balaban J connectivity index is 0.000001000. The molecule has 0 aromatic rings. The van der Waals surface area contributed by atoms with Gasteiger partial charge in [0.05, 0.1) is 5.92 Å². The molecule has 1 saturated carbocycles. The van der Waals surface area contributed by atoms with Crippen molar-refractivity contribution in [3.05, 3.63) is 0 Å². The maximum absolute atomic E-state index is 10.5. The van der Waals surface area contributed by atoms with Crippen LogP contribution in [0.4, 0.5) is 0 Å². The Kier molecular flexibility index (Phi) is 5.94. The zero-order valence-electron chi connectivity index (χ0n) is 6.29. The zero-order chi connectivity index (χ0) is 7.56. The number of hydrogen-bond acceptors (Lipinski definition) is 1. The third-order valence-electron chi connectivity index (χ3n) is 1.96. The van der Waals surface area contributed by atoms with E-state index in [4.69, 9.17) is 5.11 Å². The predicted octanol–water partition coefficient (Wildman–Crippen LogP) is 1.64. The van der Waals surface area contributed by atoms with E-state index >= 15 is 0 Å². The fourth-order valence-corrected chi connectivity index (χ4v) is 2.13. The minimum Gasteiger partial charge on any atom is -0.481 e. The van der Waals surface area contributed by atoms with E-state index in [2.05, 4.69) is 15.9 Å². The Bertz CT molecular complexity index is 140. The Hall–Kier alpha value is 0.872. The molecule has 2 atom stereocenters. The van der Waals surface area contributed by atoms with Gasteiger partial charge in [0.2, 0.25) is 0 Å². The van der Waals surface area contributed by atoms with Gasteiger partial charge in [0.15, 0.2) is 0 Å². The molecular weight excluding hydrogens is 400 g/mol.